The van der Waals surface area contributed by atoms with Crippen LogP contribution in [0.5, 0.6) is 0 Å². The lowest BCUT2D eigenvalue weighted by molar-refractivity contribution is 1.45. The summed E-state index contributed by atoms with van der Waals surface area (Å²) >= 11 is 0. The Morgan fingerprint density at radius 2 is 0.694 bits per heavy atom. The molecule has 0 saturated heterocycles. The number of benzene rings is 6. The number of fused-ring (bicyclic) bond motifs is 2. The number of hydrogen-bond donors (Lipinski definition) is 2. The number of allylic oxidation sites excluding steroid dienone is 2. The van der Waals surface area contributed by atoms with Crippen LogP contribution in [0.1, 0.15) is 22.3 Å². The lowest BCUT2D eigenvalue weighted by Gasteiger charge is -2.27. The molecule has 2 nitrogen and oxygen atoms in total. The molecule has 234 valence electrons. The van der Waals surface area contributed by atoms with Crippen LogP contribution in [0.4, 0.5) is 0 Å². The molecule has 0 bridgehead atoms. The predicted molar refractivity (Wildman–Crippen MR) is 211 cm³/mol. The van der Waals surface area contributed by atoms with Crippen LogP contribution in [0.25, 0.3) is 65.9 Å². The first-order valence-corrected chi connectivity index (χ1v) is 20.0. The highest BCUT2D eigenvalue weighted by molar-refractivity contribution is 7.13. The molecular formula is C46H36N2Si. The van der Waals surface area contributed by atoms with Gasteiger partial charge in [-0.15, -0.1) is 0 Å². The second-order valence-corrected chi connectivity index (χ2v) is 17.8. The van der Waals surface area contributed by atoms with Crippen molar-refractivity contribution in [1.82, 2.24) is 9.97 Å². The first-order chi connectivity index (χ1) is 24.0. The monoisotopic (exact) mass is 644 g/mol. The van der Waals surface area contributed by atoms with E-state index in [1.54, 1.807) is 0 Å². The highest BCUT2D eigenvalue weighted by Gasteiger charge is 2.43. The number of hydrogen-bond acceptors (Lipinski definition) is 0. The fraction of sp³-hybridized carbons (Fsp3) is 0.0435. The number of para-hydroxylation sites is 2. The molecule has 1 aliphatic heterocycles. The highest BCUT2D eigenvalue weighted by atomic mass is 28.3. The Morgan fingerprint density at radius 1 is 0.347 bits per heavy atom. The van der Waals surface area contributed by atoms with E-state index < -0.39 is 8.07 Å². The fourth-order valence-corrected chi connectivity index (χ4v) is 11.7. The molecule has 0 atom stereocenters. The van der Waals surface area contributed by atoms with E-state index in [1.165, 1.54) is 65.7 Å². The lowest BCUT2D eigenvalue weighted by Crippen LogP contribution is -2.28. The lowest BCUT2D eigenvalue weighted by atomic mass is 9.89. The van der Waals surface area contributed by atoms with E-state index in [0.29, 0.717) is 0 Å². The minimum absolute atomic E-state index is 1.15. The summed E-state index contributed by atoms with van der Waals surface area (Å²) in [4.78, 5) is 7.24. The third-order valence-corrected chi connectivity index (χ3v) is 13.7. The van der Waals surface area contributed by atoms with Crippen LogP contribution in [-0.2, 0) is 0 Å². The predicted octanol–water partition coefficient (Wildman–Crippen LogP) is 12.3. The summed E-state index contributed by atoms with van der Waals surface area (Å²) < 4.78 is 0. The Labute approximate surface area is 288 Å². The fourth-order valence-electron chi connectivity index (χ4n) is 7.89. The van der Waals surface area contributed by atoms with Crippen LogP contribution >= 0.6 is 0 Å². The first-order valence-electron chi connectivity index (χ1n) is 17.0. The van der Waals surface area contributed by atoms with Gasteiger partial charge < -0.3 is 9.97 Å². The second kappa shape index (κ2) is 11.7. The summed E-state index contributed by atoms with van der Waals surface area (Å²) in [6, 6.07) is 62.0. The molecule has 0 amide bonds. The van der Waals surface area contributed by atoms with Crippen LogP contribution in [-0.4, -0.2) is 18.0 Å². The standard InChI is InChI=1S/C46H36N2Si/c1-49(2)45(35-25-21-31(22-26-35)41-29-37-17-9-11-19-39(37)47-41)43(33-13-5-3-6-14-33)44(34-15-7-4-8-16-34)46(49)36-27-23-32(24-28-36)42-30-38-18-10-12-20-40(38)48-42/h3-30,47-48H,1-2H3. The molecule has 0 radical (unpaired) electrons. The van der Waals surface area contributed by atoms with Gasteiger partial charge in [-0.3, -0.25) is 0 Å². The Bertz CT molecular complexity index is 2280. The number of aromatic nitrogens is 2. The van der Waals surface area contributed by atoms with Gasteiger partial charge in [0.1, 0.15) is 8.07 Å². The summed E-state index contributed by atoms with van der Waals surface area (Å²) in [7, 11) is -2.27. The zero-order valence-electron chi connectivity index (χ0n) is 27.7. The van der Waals surface area contributed by atoms with Crippen LogP contribution < -0.4 is 0 Å². The Balaban J connectivity index is 1.21. The van der Waals surface area contributed by atoms with Gasteiger partial charge in [-0.2, -0.15) is 0 Å². The molecule has 49 heavy (non-hydrogen) atoms. The SMILES string of the molecule is C[Si]1(C)C(c2ccc(-c3cc4ccccc4[nH]3)cc2)=C(c2ccccc2)C(c2ccccc2)=C1c1ccc(-c2cc3ccccc3[nH]2)cc1. The van der Waals surface area contributed by atoms with Gasteiger partial charge in [0.05, 0.1) is 0 Å². The number of H-pyrrole nitrogens is 2. The summed E-state index contributed by atoms with van der Waals surface area (Å²) in [5, 5.41) is 5.43. The molecule has 2 aromatic heterocycles. The van der Waals surface area contributed by atoms with E-state index in [4.69, 9.17) is 0 Å². The Morgan fingerprint density at radius 3 is 1.08 bits per heavy atom. The summed E-state index contributed by atoms with van der Waals surface area (Å²) in [5.74, 6) is 0. The average molecular weight is 645 g/mol. The van der Waals surface area contributed by atoms with E-state index in [-0.39, 0.29) is 0 Å². The van der Waals surface area contributed by atoms with Crippen molar-refractivity contribution in [2.45, 2.75) is 13.1 Å². The van der Waals surface area contributed by atoms with E-state index in [1.807, 2.05) is 0 Å². The van der Waals surface area contributed by atoms with Gasteiger partial charge in [-0.1, -0.05) is 159 Å². The molecular weight excluding hydrogens is 609 g/mol. The molecule has 1 aliphatic rings. The molecule has 3 heteroatoms. The molecule has 0 unspecified atom stereocenters. The van der Waals surface area contributed by atoms with Crippen molar-refractivity contribution >= 4 is 51.4 Å². The van der Waals surface area contributed by atoms with Crippen LogP contribution in [0.2, 0.25) is 13.1 Å². The molecule has 8 aromatic rings. The molecule has 6 aromatic carbocycles. The van der Waals surface area contributed by atoms with Gasteiger partial charge in [0.15, 0.2) is 0 Å². The topological polar surface area (TPSA) is 31.6 Å². The second-order valence-electron chi connectivity index (χ2n) is 13.6. The molecule has 2 N–H and O–H groups in total. The number of nitrogens with one attached hydrogen (secondary N) is 2. The smallest absolute Gasteiger partial charge is 0.115 e. The average Bonchev–Trinajstić information content (AvgIpc) is 3.85. The molecule has 3 heterocycles. The quantitative estimate of drug-likeness (QED) is 0.169. The van der Waals surface area contributed by atoms with Crippen molar-refractivity contribution in [3.63, 3.8) is 0 Å². The van der Waals surface area contributed by atoms with Gasteiger partial charge >= 0.3 is 0 Å². The highest BCUT2D eigenvalue weighted by Crippen LogP contribution is 2.55. The maximum Gasteiger partial charge on any atom is 0.115 e. The van der Waals surface area contributed by atoms with Gasteiger partial charge in [-0.05, 0) is 79.2 Å². The van der Waals surface area contributed by atoms with Crippen LogP contribution in [0.15, 0.2) is 170 Å². The van der Waals surface area contributed by atoms with E-state index in [9.17, 15) is 0 Å². The first kappa shape index (κ1) is 29.3. The van der Waals surface area contributed by atoms with Gasteiger partial charge in [0, 0.05) is 33.2 Å². The summed E-state index contributed by atoms with van der Waals surface area (Å²) in [6.45, 7) is 5.07. The third-order valence-electron chi connectivity index (χ3n) is 10.2. The van der Waals surface area contributed by atoms with Crippen molar-refractivity contribution < 1.29 is 0 Å². The van der Waals surface area contributed by atoms with Crippen molar-refractivity contribution in [1.29, 1.82) is 0 Å². The zero-order valence-corrected chi connectivity index (χ0v) is 28.7. The summed E-state index contributed by atoms with van der Waals surface area (Å²) in [6.07, 6.45) is 0. The van der Waals surface area contributed by atoms with Crippen molar-refractivity contribution in [2.75, 3.05) is 0 Å². The maximum atomic E-state index is 3.62. The van der Waals surface area contributed by atoms with E-state index in [0.717, 1.165) is 22.4 Å². The normalized spacial score (nSPS) is 14.3. The largest absolute Gasteiger partial charge is 0.355 e. The van der Waals surface area contributed by atoms with Gasteiger partial charge in [0.2, 0.25) is 0 Å². The van der Waals surface area contributed by atoms with Crippen LogP contribution in [0.3, 0.4) is 0 Å². The van der Waals surface area contributed by atoms with Gasteiger partial charge in [-0.25, -0.2) is 0 Å². The Hall–Kier alpha value is -5.90. The maximum absolute atomic E-state index is 3.62. The van der Waals surface area contributed by atoms with Crippen molar-refractivity contribution in [3.8, 4) is 22.5 Å². The summed E-state index contributed by atoms with van der Waals surface area (Å²) in [5.41, 5.74) is 14.9. The zero-order chi connectivity index (χ0) is 33.0. The van der Waals surface area contributed by atoms with E-state index >= 15 is 0 Å². The number of rotatable bonds is 6. The third kappa shape index (κ3) is 5.02. The van der Waals surface area contributed by atoms with Crippen molar-refractivity contribution in [2.24, 2.45) is 0 Å². The van der Waals surface area contributed by atoms with E-state index in [2.05, 4.69) is 193 Å². The molecule has 0 fully saturated rings. The van der Waals surface area contributed by atoms with Gasteiger partial charge in [0.25, 0.3) is 0 Å². The molecule has 0 saturated carbocycles. The van der Waals surface area contributed by atoms with Crippen molar-refractivity contribution in [3.05, 3.63) is 192 Å². The number of aromatic amines is 2. The minimum atomic E-state index is -2.27. The van der Waals surface area contributed by atoms with Crippen LogP contribution in [0, 0.1) is 0 Å². The minimum Gasteiger partial charge on any atom is -0.355 e. The molecule has 9 rings (SSSR count). The molecule has 0 spiro atoms. The Kier molecular flexibility index (Phi) is 6.96. The molecule has 0 aliphatic carbocycles.